The lowest BCUT2D eigenvalue weighted by atomic mass is 10.1. The summed E-state index contributed by atoms with van der Waals surface area (Å²) in [6.45, 7) is 0.704. The van der Waals surface area contributed by atoms with E-state index in [2.05, 4.69) is 26.3 Å². The predicted octanol–water partition coefficient (Wildman–Crippen LogP) is 3.61. The van der Waals surface area contributed by atoms with Gasteiger partial charge in [-0.05, 0) is 31.0 Å². The standard InChI is InChI=1S/C20H25N7O.C2HF3O2/c1-22-20-17-18(27(2)11-23-17)12-10-16(25-19(12)26-20)15-8-4-7-14(24-15)13(21)6-5-9-28-3;3-2(4,5)1(6)7/h4,7-8,10-11,13H,5-6,9,21H2,1-3H3,(H2,22,25,26);(H,6,7)/t13-;/m0./s1. The second-order valence-corrected chi connectivity index (χ2v) is 7.70. The number of pyridine rings is 2. The fraction of sp³-hybridized carbons (Fsp3) is 0.364. The molecule has 4 aromatic rings. The van der Waals surface area contributed by atoms with E-state index in [9.17, 15) is 13.2 Å². The zero-order valence-electron chi connectivity index (χ0n) is 19.3. The number of carboxylic acid groups (broad SMARTS) is 1. The molecule has 35 heavy (non-hydrogen) atoms. The van der Waals surface area contributed by atoms with Gasteiger partial charge in [0.15, 0.2) is 5.82 Å². The Labute approximate surface area is 198 Å². The highest BCUT2D eigenvalue weighted by atomic mass is 19.4. The Morgan fingerprint density at radius 2 is 2.06 bits per heavy atom. The molecule has 0 aliphatic heterocycles. The molecule has 4 heterocycles. The molecule has 0 saturated carbocycles. The smallest absolute Gasteiger partial charge is 0.475 e. The molecular formula is C22H26F3N7O3. The quantitative estimate of drug-likeness (QED) is 0.286. The number of nitrogens with one attached hydrogen (secondary N) is 2. The van der Waals surface area contributed by atoms with E-state index < -0.39 is 12.1 Å². The lowest BCUT2D eigenvalue weighted by Gasteiger charge is -2.11. The van der Waals surface area contributed by atoms with E-state index in [4.69, 9.17) is 25.4 Å². The third-order valence-corrected chi connectivity index (χ3v) is 5.21. The first-order valence-corrected chi connectivity index (χ1v) is 10.6. The first-order valence-electron chi connectivity index (χ1n) is 10.6. The minimum absolute atomic E-state index is 0.114. The highest BCUT2D eigenvalue weighted by Gasteiger charge is 2.38. The number of aliphatic carboxylic acids is 1. The molecule has 0 spiro atoms. The van der Waals surface area contributed by atoms with Crippen LogP contribution in [-0.4, -0.2) is 62.5 Å². The monoisotopic (exact) mass is 493 g/mol. The van der Waals surface area contributed by atoms with Crippen molar-refractivity contribution in [2.75, 3.05) is 26.1 Å². The number of carbonyl (C=O) groups is 1. The number of fused-ring (bicyclic) bond motifs is 3. The third kappa shape index (κ3) is 5.87. The van der Waals surface area contributed by atoms with Crippen LogP contribution in [0, 0.1) is 0 Å². The molecule has 0 radical (unpaired) electrons. The van der Waals surface area contributed by atoms with Crippen LogP contribution in [0.25, 0.3) is 33.5 Å². The van der Waals surface area contributed by atoms with Crippen molar-refractivity contribution in [2.24, 2.45) is 12.8 Å². The second-order valence-electron chi connectivity index (χ2n) is 7.70. The molecule has 188 valence electrons. The molecule has 0 bridgehead atoms. The zero-order chi connectivity index (χ0) is 25.8. The molecule has 13 heteroatoms. The Kier molecular flexibility index (Phi) is 7.92. The summed E-state index contributed by atoms with van der Waals surface area (Å²) < 4.78 is 38.9. The number of nitrogens with two attached hydrogens (primary N) is 1. The summed E-state index contributed by atoms with van der Waals surface area (Å²) in [5.41, 5.74) is 11.6. The van der Waals surface area contributed by atoms with Crippen molar-refractivity contribution in [3.8, 4) is 11.4 Å². The molecule has 10 nitrogen and oxygen atoms in total. The number of carboxylic acids is 1. The molecule has 0 unspecified atom stereocenters. The lowest BCUT2D eigenvalue weighted by Crippen LogP contribution is -2.21. The van der Waals surface area contributed by atoms with Gasteiger partial charge in [-0.3, -0.25) is 0 Å². The van der Waals surface area contributed by atoms with Gasteiger partial charge in [0.1, 0.15) is 11.2 Å². The predicted molar refractivity (Wildman–Crippen MR) is 125 cm³/mol. The van der Waals surface area contributed by atoms with Gasteiger partial charge in [-0.1, -0.05) is 6.07 Å². The van der Waals surface area contributed by atoms with Crippen LogP contribution in [0.5, 0.6) is 0 Å². The highest BCUT2D eigenvalue weighted by molar-refractivity contribution is 6.07. The number of methoxy groups -OCH3 is 1. The van der Waals surface area contributed by atoms with Gasteiger partial charge in [-0.15, -0.1) is 0 Å². The number of rotatable bonds is 7. The first-order chi connectivity index (χ1) is 16.6. The summed E-state index contributed by atoms with van der Waals surface area (Å²) in [6, 6.07) is 7.91. The number of anilines is 1. The fourth-order valence-electron chi connectivity index (χ4n) is 3.51. The minimum Gasteiger partial charge on any atom is -0.475 e. The molecule has 0 amide bonds. The summed E-state index contributed by atoms with van der Waals surface area (Å²) in [5, 5.41) is 11.3. The molecular weight excluding hydrogens is 467 g/mol. The number of ether oxygens (including phenoxy) is 1. The van der Waals surface area contributed by atoms with E-state index in [-0.39, 0.29) is 6.04 Å². The van der Waals surface area contributed by atoms with Crippen molar-refractivity contribution < 1.29 is 27.8 Å². The number of hydrogen-bond acceptors (Lipinski definition) is 7. The van der Waals surface area contributed by atoms with Crippen LogP contribution in [0.2, 0.25) is 0 Å². The van der Waals surface area contributed by atoms with Gasteiger partial charge in [0, 0.05) is 39.2 Å². The molecule has 0 aromatic carbocycles. The molecule has 0 aliphatic rings. The summed E-state index contributed by atoms with van der Waals surface area (Å²) in [4.78, 5) is 26.2. The summed E-state index contributed by atoms with van der Waals surface area (Å²) in [7, 11) is 5.54. The maximum Gasteiger partial charge on any atom is 0.490 e. The van der Waals surface area contributed by atoms with Gasteiger partial charge in [-0.25, -0.2) is 19.7 Å². The molecule has 0 fully saturated rings. The number of imidazole rings is 1. The molecule has 4 rings (SSSR count). The van der Waals surface area contributed by atoms with Crippen LogP contribution in [-0.2, 0) is 16.6 Å². The SMILES string of the molecule is CNc1nc2[nH]c(-c3cccc([C@@H](N)CCCOC)n3)cc2c2c1ncn2C.O=C(O)C(F)(F)F. The molecule has 0 aliphatic carbocycles. The number of alkyl halides is 3. The van der Waals surface area contributed by atoms with E-state index >= 15 is 0 Å². The Morgan fingerprint density at radius 3 is 2.69 bits per heavy atom. The van der Waals surface area contributed by atoms with Crippen molar-refractivity contribution >= 4 is 33.9 Å². The van der Waals surface area contributed by atoms with Crippen molar-refractivity contribution in [3.05, 3.63) is 36.3 Å². The highest BCUT2D eigenvalue weighted by Crippen LogP contribution is 2.31. The van der Waals surface area contributed by atoms with Crippen molar-refractivity contribution in [3.63, 3.8) is 0 Å². The summed E-state index contributed by atoms with van der Waals surface area (Å²) in [6.07, 6.45) is -1.54. The maximum atomic E-state index is 10.6. The Morgan fingerprint density at radius 1 is 1.34 bits per heavy atom. The number of aryl methyl sites for hydroxylation is 1. The lowest BCUT2D eigenvalue weighted by molar-refractivity contribution is -0.192. The van der Waals surface area contributed by atoms with Crippen molar-refractivity contribution in [1.82, 2.24) is 24.5 Å². The maximum absolute atomic E-state index is 10.6. The van der Waals surface area contributed by atoms with E-state index in [0.29, 0.717) is 6.61 Å². The number of hydrogen-bond donors (Lipinski definition) is 4. The van der Waals surface area contributed by atoms with Gasteiger partial charge < -0.3 is 30.4 Å². The van der Waals surface area contributed by atoms with Crippen LogP contribution in [0.1, 0.15) is 24.6 Å². The van der Waals surface area contributed by atoms with Crippen molar-refractivity contribution in [2.45, 2.75) is 25.1 Å². The van der Waals surface area contributed by atoms with Gasteiger partial charge in [0.2, 0.25) is 0 Å². The fourth-order valence-corrected chi connectivity index (χ4v) is 3.51. The van der Waals surface area contributed by atoms with E-state index in [1.165, 1.54) is 0 Å². The van der Waals surface area contributed by atoms with Crippen LogP contribution >= 0.6 is 0 Å². The van der Waals surface area contributed by atoms with Gasteiger partial charge in [-0.2, -0.15) is 13.2 Å². The Hall–Kier alpha value is -3.71. The molecule has 5 N–H and O–H groups in total. The second kappa shape index (κ2) is 10.7. The molecule has 0 saturated heterocycles. The average Bonchev–Trinajstić information content (AvgIpc) is 3.42. The molecule has 4 aromatic heterocycles. The van der Waals surface area contributed by atoms with E-state index in [0.717, 1.165) is 57.8 Å². The topological polar surface area (TPSA) is 144 Å². The summed E-state index contributed by atoms with van der Waals surface area (Å²) >= 11 is 0. The van der Waals surface area contributed by atoms with Crippen LogP contribution in [0.15, 0.2) is 30.6 Å². The van der Waals surface area contributed by atoms with Gasteiger partial charge >= 0.3 is 12.1 Å². The largest absolute Gasteiger partial charge is 0.490 e. The normalized spacial score (nSPS) is 12.4. The van der Waals surface area contributed by atoms with E-state index in [1.54, 1.807) is 13.4 Å². The summed E-state index contributed by atoms with van der Waals surface area (Å²) in [5.74, 6) is -2.01. The number of nitrogens with zero attached hydrogens (tertiary/aromatic N) is 4. The van der Waals surface area contributed by atoms with E-state index in [1.807, 2.05) is 36.9 Å². The Balaban J connectivity index is 0.000000429. The average molecular weight is 493 g/mol. The van der Waals surface area contributed by atoms with Gasteiger partial charge in [0.05, 0.1) is 28.9 Å². The zero-order valence-corrected chi connectivity index (χ0v) is 19.3. The Bertz CT molecular complexity index is 1320. The van der Waals surface area contributed by atoms with Crippen LogP contribution < -0.4 is 11.1 Å². The minimum atomic E-state index is -5.08. The first kappa shape index (κ1) is 25.9. The number of H-pyrrole nitrogens is 1. The third-order valence-electron chi connectivity index (χ3n) is 5.21. The van der Waals surface area contributed by atoms with Crippen molar-refractivity contribution in [1.29, 1.82) is 0 Å². The number of aromatic amines is 1. The molecule has 1 atom stereocenters. The van der Waals surface area contributed by atoms with Gasteiger partial charge in [0.25, 0.3) is 0 Å². The number of halogens is 3. The number of aromatic nitrogens is 5. The van der Waals surface area contributed by atoms with Crippen LogP contribution in [0.3, 0.4) is 0 Å². The van der Waals surface area contributed by atoms with Crippen LogP contribution in [0.4, 0.5) is 19.0 Å².